The number of benzene rings is 1. The number of anilines is 1. The molecule has 0 aliphatic heterocycles. The molecule has 2 heterocycles. The van der Waals surface area contributed by atoms with Crippen LogP contribution in [0.1, 0.15) is 20.8 Å². The number of aromatic carboxylic acids is 1. The summed E-state index contributed by atoms with van der Waals surface area (Å²) < 4.78 is 44.4. The summed E-state index contributed by atoms with van der Waals surface area (Å²) in [6.45, 7) is 0.530. The number of carbonyl (C=O) groups is 1. The molecule has 152 valence electrons. The van der Waals surface area contributed by atoms with Crippen molar-refractivity contribution in [3.63, 3.8) is 0 Å². The molecule has 10 heteroatoms. The maximum atomic E-state index is 13.1. The van der Waals surface area contributed by atoms with E-state index in [1.807, 2.05) is 24.3 Å². The Labute approximate surface area is 168 Å². The van der Waals surface area contributed by atoms with E-state index in [-0.39, 0.29) is 10.6 Å². The van der Waals surface area contributed by atoms with Gasteiger partial charge in [0.25, 0.3) is 0 Å². The van der Waals surface area contributed by atoms with Crippen LogP contribution in [-0.2, 0) is 12.6 Å². The first-order chi connectivity index (χ1) is 13.8. The molecule has 2 N–H and O–H groups in total. The summed E-state index contributed by atoms with van der Waals surface area (Å²) in [6.07, 6.45) is -2.86. The Morgan fingerprint density at radius 2 is 2.03 bits per heavy atom. The number of thiophene rings is 1. The van der Waals surface area contributed by atoms with Crippen LogP contribution >= 0.6 is 11.3 Å². The van der Waals surface area contributed by atoms with E-state index in [4.69, 9.17) is 9.84 Å². The minimum absolute atomic E-state index is 0.105. The zero-order chi connectivity index (χ0) is 21.0. The lowest BCUT2D eigenvalue weighted by Gasteiger charge is -2.07. The molecule has 0 atom stereocenters. The molecule has 6 nitrogen and oxygen atoms in total. The number of nitrogens with zero attached hydrogens (tertiary/aromatic N) is 2. The van der Waals surface area contributed by atoms with Crippen molar-refractivity contribution in [1.29, 1.82) is 0 Å². The van der Waals surface area contributed by atoms with Crippen LogP contribution in [0.5, 0.6) is 5.75 Å². The summed E-state index contributed by atoms with van der Waals surface area (Å²) >= 11 is 0.530. The van der Waals surface area contributed by atoms with E-state index in [1.165, 1.54) is 12.4 Å². The highest BCUT2D eigenvalue weighted by atomic mass is 32.1. The number of carboxylic acid groups (broad SMARTS) is 1. The molecule has 0 radical (unpaired) electrons. The molecule has 0 fully saturated rings. The minimum Gasteiger partial charge on any atom is -0.497 e. The Morgan fingerprint density at radius 3 is 2.69 bits per heavy atom. The molecule has 0 saturated heterocycles. The predicted octanol–water partition coefficient (Wildman–Crippen LogP) is 4.59. The molecule has 3 rings (SSSR count). The number of hydrogen-bond donors (Lipinski definition) is 2. The van der Waals surface area contributed by atoms with Crippen molar-refractivity contribution < 1.29 is 27.8 Å². The molecule has 1 aromatic carbocycles. The lowest BCUT2D eigenvalue weighted by atomic mass is 10.1. The summed E-state index contributed by atoms with van der Waals surface area (Å²) in [5.41, 5.74) is 0.0772. The van der Waals surface area contributed by atoms with Gasteiger partial charge in [-0.2, -0.15) is 13.2 Å². The lowest BCUT2D eigenvalue weighted by molar-refractivity contribution is -0.137. The van der Waals surface area contributed by atoms with Gasteiger partial charge in [-0.05, 0) is 30.2 Å². The number of hydrogen-bond acceptors (Lipinski definition) is 6. The van der Waals surface area contributed by atoms with Crippen LogP contribution in [0.4, 0.5) is 19.0 Å². The number of aromatic nitrogens is 2. The molecule has 0 unspecified atom stereocenters. The van der Waals surface area contributed by atoms with Crippen molar-refractivity contribution >= 4 is 23.1 Å². The van der Waals surface area contributed by atoms with E-state index < -0.39 is 22.6 Å². The third kappa shape index (κ3) is 5.02. The molecule has 0 saturated carbocycles. The first-order valence-electron chi connectivity index (χ1n) is 8.41. The van der Waals surface area contributed by atoms with Gasteiger partial charge in [-0.3, -0.25) is 0 Å². The molecular weight excluding hydrogens is 407 g/mol. The van der Waals surface area contributed by atoms with Crippen LogP contribution in [0.25, 0.3) is 10.6 Å². The summed E-state index contributed by atoms with van der Waals surface area (Å²) in [5.74, 6) is -0.449. The number of carboxylic acids is 1. The fourth-order valence-electron chi connectivity index (χ4n) is 2.64. The number of ether oxygens (including phenoxy) is 1. The van der Waals surface area contributed by atoms with Crippen LogP contribution in [-0.4, -0.2) is 34.7 Å². The van der Waals surface area contributed by atoms with Crippen molar-refractivity contribution in [3.05, 3.63) is 58.7 Å². The first-order valence-corrected chi connectivity index (χ1v) is 9.23. The third-order valence-electron chi connectivity index (χ3n) is 4.01. The van der Waals surface area contributed by atoms with Crippen LogP contribution < -0.4 is 10.1 Å². The van der Waals surface area contributed by atoms with Gasteiger partial charge in [0, 0.05) is 12.6 Å². The summed E-state index contributed by atoms with van der Waals surface area (Å²) in [5, 5.41) is 12.2. The van der Waals surface area contributed by atoms with E-state index in [0.717, 1.165) is 17.4 Å². The Balaban J connectivity index is 1.75. The highest BCUT2D eigenvalue weighted by molar-refractivity contribution is 7.17. The van der Waals surface area contributed by atoms with Gasteiger partial charge in [-0.25, -0.2) is 14.8 Å². The SMILES string of the molecule is COc1cccc(CCNc2cc(-c3cc(C(F)(F)F)c(C(=O)O)s3)ncn2)c1. The first kappa shape index (κ1) is 20.6. The van der Waals surface area contributed by atoms with Gasteiger partial charge in [0.15, 0.2) is 0 Å². The van der Waals surface area contributed by atoms with Crippen LogP contribution in [0.3, 0.4) is 0 Å². The molecule has 0 aliphatic rings. The molecule has 2 aromatic heterocycles. The van der Waals surface area contributed by atoms with Gasteiger partial charge in [0.1, 0.15) is 22.8 Å². The summed E-state index contributed by atoms with van der Waals surface area (Å²) in [4.78, 5) is 18.5. The molecule has 0 amide bonds. The fourth-order valence-corrected chi connectivity index (χ4v) is 3.62. The molecule has 0 bridgehead atoms. The number of methoxy groups -OCH3 is 1. The second-order valence-corrected chi connectivity index (χ2v) is 7.03. The van der Waals surface area contributed by atoms with Crippen LogP contribution in [0, 0.1) is 0 Å². The van der Waals surface area contributed by atoms with Gasteiger partial charge < -0.3 is 15.2 Å². The number of rotatable bonds is 7. The Hall–Kier alpha value is -3.14. The van der Waals surface area contributed by atoms with Crippen molar-refractivity contribution in [1.82, 2.24) is 9.97 Å². The number of nitrogens with one attached hydrogen (secondary N) is 1. The smallest absolute Gasteiger partial charge is 0.418 e. The highest BCUT2D eigenvalue weighted by Gasteiger charge is 2.37. The van der Waals surface area contributed by atoms with Gasteiger partial charge in [0.2, 0.25) is 0 Å². The summed E-state index contributed by atoms with van der Waals surface area (Å²) in [6, 6.07) is 9.87. The molecule has 0 spiro atoms. The Morgan fingerprint density at radius 1 is 1.24 bits per heavy atom. The maximum absolute atomic E-state index is 13.1. The topological polar surface area (TPSA) is 84.3 Å². The lowest BCUT2D eigenvalue weighted by Crippen LogP contribution is -2.09. The van der Waals surface area contributed by atoms with Gasteiger partial charge in [0.05, 0.1) is 23.2 Å². The molecular formula is C19H16F3N3O3S. The average molecular weight is 423 g/mol. The van der Waals surface area contributed by atoms with E-state index in [2.05, 4.69) is 15.3 Å². The van der Waals surface area contributed by atoms with E-state index >= 15 is 0 Å². The predicted molar refractivity (Wildman–Crippen MR) is 102 cm³/mol. The van der Waals surface area contributed by atoms with E-state index in [9.17, 15) is 18.0 Å². The van der Waals surface area contributed by atoms with Gasteiger partial charge in [-0.15, -0.1) is 11.3 Å². The molecule has 29 heavy (non-hydrogen) atoms. The normalized spacial score (nSPS) is 11.3. The minimum atomic E-state index is -4.76. The van der Waals surface area contributed by atoms with Gasteiger partial charge >= 0.3 is 12.1 Å². The Kier molecular flexibility index (Phi) is 6.02. The average Bonchev–Trinajstić information content (AvgIpc) is 3.15. The number of halogens is 3. The van der Waals surface area contributed by atoms with Crippen molar-refractivity contribution in [3.8, 4) is 16.3 Å². The molecule has 3 aromatic rings. The maximum Gasteiger partial charge on any atom is 0.418 e. The van der Waals surface area contributed by atoms with E-state index in [0.29, 0.717) is 30.1 Å². The number of alkyl halides is 3. The fraction of sp³-hybridized carbons (Fsp3) is 0.211. The third-order valence-corrected chi connectivity index (χ3v) is 5.15. The molecule has 0 aliphatic carbocycles. The largest absolute Gasteiger partial charge is 0.497 e. The standard InChI is InChI=1S/C19H16F3N3O3S/c1-28-12-4-2-3-11(7-12)5-6-23-16-9-14(24-10-25-16)15-8-13(19(20,21)22)17(29-15)18(26)27/h2-4,7-10H,5-6H2,1H3,(H,26,27)(H,23,24,25). The zero-order valence-corrected chi connectivity index (χ0v) is 16.0. The van der Waals surface area contributed by atoms with Crippen LogP contribution in [0.15, 0.2) is 42.7 Å². The van der Waals surface area contributed by atoms with Crippen molar-refractivity contribution in [2.45, 2.75) is 12.6 Å². The monoisotopic (exact) mass is 423 g/mol. The zero-order valence-electron chi connectivity index (χ0n) is 15.2. The highest BCUT2D eigenvalue weighted by Crippen LogP contribution is 2.40. The Bertz CT molecular complexity index is 1020. The van der Waals surface area contributed by atoms with Crippen molar-refractivity contribution in [2.75, 3.05) is 19.0 Å². The summed E-state index contributed by atoms with van der Waals surface area (Å²) in [7, 11) is 1.59. The van der Waals surface area contributed by atoms with E-state index in [1.54, 1.807) is 7.11 Å². The van der Waals surface area contributed by atoms with Crippen LogP contribution in [0.2, 0.25) is 0 Å². The quantitative estimate of drug-likeness (QED) is 0.579. The van der Waals surface area contributed by atoms with Gasteiger partial charge in [-0.1, -0.05) is 12.1 Å². The second-order valence-electron chi connectivity index (χ2n) is 5.97. The van der Waals surface area contributed by atoms with Crippen molar-refractivity contribution in [2.24, 2.45) is 0 Å². The second kappa shape index (κ2) is 8.48.